The van der Waals surface area contributed by atoms with Gasteiger partial charge in [0.1, 0.15) is 22.0 Å². The predicted octanol–water partition coefficient (Wildman–Crippen LogP) is 11.2. The Hall–Kier alpha value is -5.10. The predicted molar refractivity (Wildman–Crippen MR) is 210 cm³/mol. The minimum Gasteiger partial charge on any atom is -0.346 e. The van der Waals surface area contributed by atoms with Crippen molar-refractivity contribution in [1.29, 1.82) is 0 Å². The number of hydrogen-bond acceptors (Lipinski definition) is 3. The fraction of sp³-hybridized carbons (Fsp3) is 0.163. The topological polar surface area (TPSA) is 59.5 Å². The third-order valence-corrected chi connectivity index (χ3v) is 9.63. The summed E-state index contributed by atoms with van der Waals surface area (Å²) >= 11 is 12.9. The highest BCUT2D eigenvalue weighted by Crippen LogP contribution is 2.37. The van der Waals surface area contributed by atoms with Gasteiger partial charge in [0.2, 0.25) is 0 Å². The van der Waals surface area contributed by atoms with Crippen LogP contribution in [0.4, 0.5) is 0 Å². The van der Waals surface area contributed by atoms with Crippen LogP contribution >= 0.6 is 23.2 Å². The highest BCUT2D eigenvalue weighted by Gasteiger charge is 2.26. The van der Waals surface area contributed by atoms with Gasteiger partial charge in [0.15, 0.2) is 0 Å². The van der Waals surface area contributed by atoms with E-state index in [0.717, 1.165) is 62.3 Å². The number of amidine groups is 2. The SMILES string of the molecule is Cc1cc(C)c(/C(=C2/C=CC(N(Cc3ccccc3)C3=N/C(=C(/c4ccc(Cl)[nH]4)c4c(C)cc(C)cc4C)C=C3)=N2)c2ccc(Cl)[nH]2)c(C)c1. The largest absolute Gasteiger partial charge is 0.346 e. The van der Waals surface area contributed by atoms with Gasteiger partial charge in [-0.15, -0.1) is 0 Å². The minimum atomic E-state index is 0.584. The molecule has 0 bridgehead atoms. The Kier molecular flexibility index (Phi) is 9.13. The molecular formula is C43H39Cl2N5. The first-order valence-corrected chi connectivity index (χ1v) is 17.5. The fourth-order valence-corrected chi connectivity index (χ4v) is 7.64. The molecule has 0 amide bonds. The van der Waals surface area contributed by atoms with Crippen LogP contribution in [0.3, 0.4) is 0 Å². The molecule has 3 aromatic carbocycles. The van der Waals surface area contributed by atoms with Crippen LogP contribution in [0.2, 0.25) is 10.3 Å². The summed E-state index contributed by atoms with van der Waals surface area (Å²) in [5, 5.41) is 1.17. The molecule has 5 nitrogen and oxygen atoms in total. The normalized spacial score (nSPS) is 15.8. The third-order valence-electron chi connectivity index (χ3n) is 9.19. The Morgan fingerprint density at radius 3 is 1.36 bits per heavy atom. The van der Waals surface area contributed by atoms with Gasteiger partial charge in [0, 0.05) is 22.5 Å². The number of aromatic amines is 2. The number of aryl methyl sites for hydroxylation is 6. The molecule has 5 aromatic rings. The zero-order valence-corrected chi connectivity index (χ0v) is 30.6. The van der Waals surface area contributed by atoms with Crippen molar-refractivity contribution in [1.82, 2.24) is 14.9 Å². The molecule has 0 saturated carbocycles. The first-order valence-electron chi connectivity index (χ1n) is 16.8. The standard InChI is InChI=1S/C43H39Cl2N5/c1-25-20-27(3)40(28(4)21-25)42(32-12-16-36(44)46-32)34-14-18-38(48-34)50(24-31-10-8-7-9-11-31)39-19-15-35(49-39)43(33-13-17-37(45)47-33)41-29(5)22-26(2)23-30(41)6/h7-23,46-47H,24H2,1-6H3/b42-34-,43-35-. The van der Waals surface area contributed by atoms with Crippen LogP contribution in [0.5, 0.6) is 0 Å². The number of nitrogens with zero attached hydrogens (tertiary/aromatic N) is 3. The summed E-state index contributed by atoms with van der Waals surface area (Å²) in [4.78, 5) is 19.5. The van der Waals surface area contributed by atoms with Crippen molar-refractivity contribution in [2.75, 3.05) is 0 Å². The quantitative estimate of drug-likeness (QED) is 0.182. The van der Waals surface area contributed by atoms with Crippen LogP contribution in [0.25, 0.3) is 11.1 Å². The maximum atomic E-state index is 6.44. The maximum absolute atomic E-state index is 6.44. The molecule has 2 N–H and O–H groups in total. The van der Waals surface area contributed by atoms with Gasteiger partial charge in [-0.25, -0.2) is 9.98 Å². The summed E-state index contributed by atoms with van der Waals surface area (Å²) in [6.45, 7) is 13.5. The summed E-state index contributed by atoms with van der Waals surface area (Å²) in [5.74, 6) is 1.61. The zero-order chi connectivity index (χ0) is 35.1. The lowest BCUT2D eigenvalue weighted by Crippen LogP contribution is -2.33. The van der Waals surface area contributed by atoms with Gasteiger partial charge in [0.25, 0.3) is 0 Å². The second-order valence-corrected chi connectivity index (χ2v) is 14.0. The third kappa shape index (κ3) is 6.59. The lowest BCUT2D eigenvalue weighted by molar-refractivity contribution is 0.612. The van der Waals surface area contributed by atoms with Crippen molar-refractivity contribution in [2.45, 2.75) is 48.1 Å². The lowest BCUT2D eigenvalue weighted by atomic mass is 9.91. The Labute approximate surface area is 304 Å². The van der Waals surface area contributed by atoms with E-state index < -0.39 is 0 Å². The first-order chi connectivity index (χ1) is 24.0. The molecule has 0 aliphatic carbocycles. The Balaban J connectivity index is 1.40. The number of aromatic nitrogens is 2. The van der Waals surface area contributed by atoms with Crippen LogP contribution in [0, 0.1) is 41.5 Å². The molecule has 0 spiro atoms. The van der Waals surface area contributed by atoms with Gasteiger partial charge in [0.05, 0.1) is 17.9 Å². The average Bonchev–Trinajstić information content (AvgIpc) is 3.89. The molecule has 50 heavy (non-hydrogen) atoms. The van der Waals surface area contributed by atoms with Crippen LogP contribution in [-0.4, -0.2) is 26.5 Å². The van der Waals surface area contributed by atoms with Crippen molar-refractivity contribution in [2.24, 2.45) is 9.98 Å². The van der Waals surface area contributed by atoms with Gasteiger partial charge >= 0.3 is 0 Å². The highest BCUT2D eigenvalue weighted by molar-refractivity contribution is 6.30. The van der Waals surface area contributed by atoms with Crippen LogP contribution in [0.1, 0.15) is 61.5 Å². The monoisotopic (exact) mass is 695 g/mol. The van der Waals surface area contributed by atoms with E-state index in [4.69, 9.17) is 33.2 Å². The molecule has 2 aliphatic heterocycles. The Morgan fingerprint density at radius 1 is 0.560 bits per heavy atom. The number of H-pyrrole nitrogens is 2. The van der Waals surface area contributed by atoms with Gasteiger partial charge in [-0.05, 0) is 129 Å². The van der Waals surface area contributed by atoms with Gasteiger partial charge in [-0.1, -0.05) is 88.9 Å². The number of benzene rings is 3. The van der Waals surface area contributed by atoms with Crippen LogP contribution < -0.4 is 0 Å². The Bertz CT molecular complexity index is 2140. The molecule has 2 aliphatic rings. The molecule has 7 heteroatoms. The van der Waals surface area contributed by atoms with E-state index in [1.165, 1.54) is 33.4 Å². The first kappa shape index (κ1) is 33.4. The van der Waals surface area contributed by atoms with Gasteiger partial charge < -0.3 is 14.9 Å². The van der Waals surface area contributed by atoms with E-state index in [0.29, 0.717) is 16.9 Å². The molecule has 4 heterocycles. The van der Waals surface area contributed by atoms with Crippen molar-refractivity contribution in [3.05, 3.63) is 186 Å². The maximum Gasteiger partial charge on any atom is 0.135 e. The van der Waals surface area contributed by atoms with Gasteiger partial charge in [-0.2, -0.15) is 0 Å². The smallest absolute Gasteiger partial charge is 0.135 e. The van der Waals surface area contributed by atoms with E-state index in [1.54, 1.807) is 0 Å². The number of aliphatic imine (C=N–C) groups is 2. The Morgan fingerprint density at radius 2 is 0.980 bits per heavy atom. The summed E-state index contributed by atoms with van der Waals surface area (Å²) in [6.07, 6.45) is 8.36. The summed E-state index contributed by atoms with van der Waals surface area (Å²) in [7, 11) is 0. The molecule has 0 radical (unpaired) electrons. The average molecular weight is 697 g/mol. The second kappa shape index (κ2) is 13.7. The number of halogens is 2. The molecule has 0 saturated heterocycles. The fourth-order valence-electron chi connectivity index (χ4n) is 7.31. The van der Waals surface area contributed by atoms with Crippen molar-refractivity contribution >= 4 is 46.0 Å². The lowest BCUT2D eigenvalue weighted by Gasteiger charge is -2.23. The number of allylic oxidation sites excluding steroid dienone is 2. The number of nitrogens with one attached hydrogen (secondary N) is 2. The van der Waals surface area contributed by atoms with Crippen molar-refractivity contribution in [3.8, 4) is 0 Å². The number of hydrogen-bond donors (Lipinski definition) is 2. The van der Waals surface area contributed by atoms with E-state index in [1.807, 2.05) is 30.3 Å². The second-order valence-electron chi connectivity index (χ2n) is 13.2. The van der Waals surface area contributed by atoms with E-state index in [9.17, 15) is 0 Å². The van der Waals surface area contributed by atoms with Crippen LogP contribution in [0.15, 0.2) is 125 Å². The highest BCUT2D eigenvalue weighted by atomic mass is 35.5. The molecule has 250 valence electrons. The molecule has 0 atom stereocenters. The molecular weight excluding hydrogens is 657 g/mol. The summed E-state index contributed by atoms with van der Waals surface area (Å²) < 4.78 is 0. The summed E-state index contributed by atoms with van der Waals surface area (Å²) in [5.41, 5.74) is 16.2. The van der Waals surface area contributed by atoms with Crippen LogP contribution in [-0.2, 0) is 6.54 Å². The van der Waals surface area contributed by atoms with Crippen molar-refractivity contribution < 1.29 is 0 Å². The zero-order valence-electron chi connectivity index (χ0n) is 29.1. The molecule has 0 unspecified atom stereocenters. The molecule has 0 fully saturated rings. The van der Waals surface area contributed by atoms with E-state index in [2.05, 4.69) is 129 Å². The van der Waals surface area contributed by atoms with Crippen molar-refractivity contribution in [3.63, 3.8) is 0 Å². The minimum absolute atomic E-state index is 0.584. The van der Waals surface area contributed by atoms with Gasteiger partial charge in [-0.3, -0.25) is 0 Å². The summed E-state index contributed by atoms with van der Waals surface area (Å²) in [6, 6.07) is 27.1. The van der Waals surface area contributed by atoms with E-state index in [-0.39, 0.29) is 0 Å². The van der Waals surface area contributed by atoms with E-state index >= 15 is 0 Å². The molecule has 7 rings (SSSR count). The molecule has 2 aromatic heterocycles. The number of rotatable bonds is 6.